The molecule has 0 atom stereocenters. The van der Waals surface area contributed by atoms with Crippen molar-refractivity contribution in [3.8, 4) is 5.75 Å². The number of anilines is 1. The Morgan fingerprint density at radius 3 is 2.48 bits per heavy atom. The number of ether oxygens (including phenoxy) is 1. The lowest BCUT2D eigenvalue weighted by molar-refractivity contribution is 0.279. The molecule has 0 aliphatic carbocycles. The maximum atomic E-state index is 12.7. The molecule has 0 aromatic heterocycles. The van der Waals surface area contributed by atoms with Crippen LogP contribution in [0.2, 0.25) is 0 Å². The van der Waals surface area contributed by atoms with Crippen LogP contribution in [0.25, 0.3) is 0 Å². The lowest BCUT2D eigenvalue weighted by Gasteiger charge is -2.26. The molecule has 5 nitrogen and oxygen atoms in total. The SMILES string of the molecule is CCC1(CC)CCN(S(=O)(=O)c2ccc(OC)c(N)c2)C1. The fourth-order valence-electron chi connectivity index (χ4n) is 2.95. The van der Waals surface area contributed by atoms with Gasteiger partial charge in [0.1, 0.15) is 5.75 Å². The number of benzene rings is 1. The second-order valence-electron chi connectivity index (χ2n) is 5.70. The molecule has 0 saturated carbocycles. The molecule has 0 radical (unpaired) electrons. The molecule has 6 heteroatoms. The summed E-state index contributed by atoms with van der Waals surface area (Å²) in [7, 11) is -1.97. The Morgan fingerprint density at radius 2 is 2.00 bits per heavy atom. The first-order chi connectivity index (χ1) is 9.88. The van der Waals surface area contributed by atoms with E-state index < -0.39 is 10.0 Å². The minimum atomic E-state index is -3.48. The Kier molecular flexibility index (Phi) is 4.49. The van der Waals surface area contributed by atoms with Gasteiger partial charge in [-0.2, -0.15) is 4.31 Å². The monoisotopic (exact) mass is 312 g/mol. The highest BCUT2D eigenvalue weighted by molar-refractivity contribution is 7.89. The predicted octanol–water partition coefficient (Wildman–Crippen LogP) is 2.48. The van der Waals surface area contributed by atoms with Crippen molar-refractivity contribution in [3.05, 3.63) is 18.2 Å². The number of methoxy groups -OCH3 is 1. The van der Waals surface area contributed by atoms with Crippen LogP contribution < -0.4 is 10.5 Å². The number of rotatable bonds is 5. The van der Waals surface area contributed by atoms with Crippen molar-refractivity contribution in [1.82, 2.24) is 4.31 Å². The van der Waals surface area contributed by atoms with E-state index in [1.54, 1.807) is 16.4 Å². The van der Waals surface area contributed by atoms with Crippen LogP contribution >= 0.6 is 0 Å². The van der Waals surface area contributed by atoms with Gasteiger partial charge < -0.3 is 10.5 Å². The van der Waals surface area contributed by atoms with Gasteiger partial charge in [-0.05, 0) is 42.9 Å². The average molecular weight is 312 g/mol. The minimum Gasteiger partial charge on any atom is -0.495 e. The quantitative estimate of drug-likeness (QED) is 0.848. The maximum absolute atomic E-state index is 12.7. The maximum Gasteiger partial charge on any atom is 0.243 e. The van der Waals surface area contributed by atoms with Crippen molar-refractivity contribution < 1.29 is 13.2 Å². The smallest absolute Gasteiger partial charge is 0.243 e. The Hall–Kier alpha value is -1.27. The van der Waals surface area contributed by atoms with E-state index in [0.29, 0.717) is 24.5 Å². The Bertz CT molecular complexity index is 609. The third-order valence-corrected chi connectivity index (χ3v) is 6.58. The molecule has 1 aromatic rings. The van der Waals surface area contributed by atoms with Gasteiger partial charge in [0.15, 0.2) is 0 Å². The highest BCUT2D eigenvalue weighted by atomic mass is 32.2. The van der Waals surface area contributed by atoms with Gasteiger partial charge >= 0.3 is 0 Å². The summed E-state index contributed by atoms with van der Waals surface area (Å²) < 4.78 is 32.1. The van der Waals surface area contributed by atoms with E-state index in [9.17, 15) is 8.42 Å². The van der Waals surface area contributed by atoms with Crippen molar-refractivity contribution in [1.29, 1.82) is 0 Å². The first kappa shape index (κ1) is 16.1. The van der Waals surface area contributed by atoms with Crippen LogP contribution in [0.1, 0.15) is 33.1 Å². The third-order valence-electron chi connectivity index (χ3n) is 4.74. The van der Waals surface area contributed by atoms with Crippen molar-refractivity contribution in [2.75, 3.05) is 25.9 Å². The number of nitrogens with zero attached hydrogens (tertiary/aromatic N) is 1. The van der Waals surface area contributed by atoms with Crippen LogP contribution in [0.4, 0.5) is 5.69 Å². The molecule has 0 unspecified atom stereocenters. The van der Waals surface area contributed by atoms with Gasteiger partial charge in [-0.15, -0.1) is 0 Å². The normalized spacial score (nSPS) is 18.8. The zero-order chi connectivity index (χ0) is 15.7. The first-order valence-electron chi connectivity index (χ1n) is 7.32. The first-order valence-corrected chi connectivity index (χ1v) is 8.76. The van der Waals surface area contributed by atoms with Gasteiger partial charge in [-0.3, -0.25) is 0 Å². The Balaban J connectivity index is 2.29. The predicted molar refractivity (Wildman–Crippen MR) is 83.8 cm³/mol. The molecule has 0 bridgehead atoms. The highest BCUT2D eigenvalue weighted by Gasteiger charge is 2.40. The zero-order valence-corrected chi connectivity index (χ0v) is 13.7. The zero-order valence-electron chi connectivity index (χ0n) is 12.9. The van der Waals surface area contributed by atoms with E-state index >= 15 is 0 Å². The summed E-state index contributed by atoms with van der Waals surface area (Å²) in [5.41, 5.74) is 6.28. The standard InChI is InChI=1S/C15H24N2O3S/c1-4-15(5-2)8-9-17(11-15)21(18,19)12-6-7-14(20-3)13(16)10-12/h6-7,10H,4-5,8-9,11,16H2,1-3H3. The van der Waals surface area contributed by atoms with Crippen LogP contribution in [0.15, 0.2) is 23.1 Å². The van der Waals surface area contributed by atoms with Crippen molar-refractivity contribution in [2.45, 2.75) is 38.0 Å². The summed E-state index contributed by atoms with van der Waals surface area (Å²) in [6.45, 7) is 5.43. The highest BCUT2D eigenvalue weighted by Crippen LogP contribution is 2.39. The Morgan fingerprint density at radius 1 is 1.33 bits per heavy atom. The number of hydrogen-bond donors (Lipinski definition) is 1. The van der Waals surface area contributed by atoms with E-state index in [4.69, 9.17) is 10.5 Å². The minimum absolute atomic E-state index is 0.116. The van der Waals surface area contributed by atoms with Crippen molar-refractivity contribution in [2.24, 2.45) is 5.41 Å². The van der Waals surface area contributed by atoms with E-state index in [1.165, 1.54) is 13.2 Å². The van der Waals surface area contributed by atoms with Gasteiger partial charge in [0.25, 0.3) is 0 Å². The summed E-state index contributed by atoms with van der Waals surface area (Å²) in [6, 6.07) is 4.64. The topological polar surface area (TPSA) is 72.6 Å². The molecule has 1 aliphatic heterocycles. The molecule has 1 fully saturated rings. The summed E-state index contributed by atoms with van der Waals surface area (Å²) in [5.74, 6) is 0.492. The summed E-state index contributed by atoms with van der Waals surface area (Å²) >= 11 is 0. The van der Waals surface area contributed by atoms with Crippen LogP contribution in [-0.2, 0) is 10.0 Å². The second-order valence-corrected chi connectivity index (χ2v) is 7.64. The van der Waals surface area contributed by atoms with Crippen LogP contribution in [-0.4, -0.2) is 32.9 Å². The molecule has 2 N–H and O–H groups in total. The van der Waals surface area contributed by atoms with Crippen LogP contribution in [0.5, 0.6) is 5.75 Å². The van der Waals surface area contributed by atoms with E-state index in [0.717, 1.165) is 19.3 Å². The van der Waals surface area contributed by atoms with Gasteiger partial charge in [0.05, 0.1) is 17.7 Å². The molecule has 21 heavy (non-hydrogen) atoms. The lowest BCUT2D eigenvalue weighted by Crippen LogP contribution is -2.31. The molecule has 1 aliphatic rings. The third kappa shape index (κ3) is 2.87. The van der Waals surface area contributed by atoms with Crippen LogP contribution in [0, 0.1) is 5.41 Å². The van der Waals surface area contributed by atoms with E-state index in [1.807, 2.05) is 0 Å². The molecular formula is C15H24N2O3S. The number of nitrogens with two attached hydrogens (primary N) is 1. The van der Waals surface area contributed by atoms with E-state index in [2.05, 4.69) is 13.8 Å². The van der Waals surface area contributed by atoms with Crippen molar-refractivity contribution >= 4 is 15.7 Å². The van der Waals surface area contributed by atoms with Gasteiger partial charge in [0.2, 0.25) is 10.0 Å². The molecule has 1 saturated heterocycles. The van der Waals surface area contributed by atoms with Gasteiger partial charge in [-0.25, -0.2) is 8.42 Å². The largest absolute Gasteiger partial charge is 0.495 e. The fourth-order valence-corrected chi connectivity index (χ4v) is 4.54. The second kappa shape index (κ2) is 5.85. The molecule has 118 valence electrons. The molecular weight excluding hydrogens is 288 g/mol. The molecule has 1 heterocycles. The molecule has 1 aromatic carbocycles. The van der Waals surface area contributed by atoms with Crippen LogP contribution in [0.3, 0.4) is 0 Å². The number of hydrogen-bond acceptors (Lipinski definition) is 4. The Labute approximate surface area is 127 Å². The van der Waals surface area contributed by atoms with Gasteiger partial charge in [0, 0.05) is 13.1 Å². The van der Waals surface area contributed by atoms with E-state index in [-0.39, 0.29) is 10.3 Å². The molecule has 2 rings (SSSR count). The molecule has 0 amide bonds. The lowest BCUT2D eigenvalue weighted by atomic mass is 9.82. The fraction of sp³-hybridized carbons (Fsp3) is 0.600. The number of sulfonamides is 1. The average Bonchev–Trinajstić information content (AvgIpc) is 2.93. The van der Waals surface area contributed by atoms with Crippen molar-refractivity contribution in [3.63, 3.8) is 0 Å². The molecule has 0 spiro atoms. The van der Waals surface area contributed by atoms with Gasteiger partial charge in [-0.1, -0.05) is 13.8 Å². The summed E-state index contributed by atoms with van der Waals surface area (Å²) in [6.07, 6.45) is 2.92. The summed E-state index contributed by atoms with van der Waals surface area (Å²) in [5, 5.41) is 0. The number of nitrogen functional groups attached to an aromatic ring is 1. The summed E-state index contributed by atoms with van der Waals surface area (Å²) in [4.78, 5) is 0.240.